The molecule has 11 aromatic carbocycles. The molecule has 0 fully saturated rings. The maximum Gasteiger partial charge on any atom is 0.252 e. The third-order valence-corrected chi connectivity index (χ3v) is 18.2. The Bertz CT molecular complexity index is 4930. The number of hydrogen-bond donors (Lipinski definition) is 0. The van der Waals surface area contributed by atoms with Gasteiger partial charge >= 0.3 is 0 Å². The molecule has 3 aromatic heterocycles. The van der Waals surface area contributed by atoms with Crippen LogP contribution in [0.4, 0.5) is 45.5 Å². The van der Waals surface area contributed by atoms with Crippen molar-refractivity contribution in [2.75, 3.05) is 14.7 Å². The van der Waals surface area contributed by atoms with Crippen molar-refractivity contribution in [1.82, 2.24) is 0 Å². The average Bonchev–Trinajstić information content (AvgIpc) is 1.96. The summed E-state index contributed by atoms with van der Waals surface area (Å²) in [5.41, 5.74) is 25.4. The molecule has 0 amide bonds. The lowest BCUT2D eigenvalue weighted by atomic mass is 9.32. The fraction of sp³-hybridized carbons (Fsp3) is 0.0769. The summed E-state index contributed by atoms with van der Waals surface area (Å²) in [5.74, 6) is 2.47. The Morgan fingerprint density at radius 3 is 1.59 bits per heavy atom. The molecule has 5 heterocycles. The molecule has 3 aliphatic rings. The predicted octanol–water partition coefficient (Wildman–Crippen LogP) is 20.3. The summed E-state index contributed by atoms with van der Waals surface area (Å²) in [4.78, 5) is 7.62. The highest BCUT2D eigenvalue weighted by atomic mass is 16.3. The zero-order chi connectivity index (χ0) is 56.8. The van der Waals surface area contributed by atoms with Gasteiger partial charge in [-0.05, 0) is 185 Å². The molecule has 0 bridgehead atoms. The van der Waals surface area contributed by atoms with Crippen molar-refractivity contribution in [3.8, 4) is 34.0 Å². The number of hydrogen-bond acceptors (Lipinski definition) is 6. The van der Waals surface area contributed by atoms with Gasteiger partial charge in [0.05, 0.1) is 5.69 Å². The van der Waals surface area contributed by atoms with Crippen LogP contribution in [0.1, 0.15) is 41.7 Å². The molecule has 85 heavy (non-hydrogen) atoms. The van der Waals surface area contributed by atoms with Gasteiger partial charge < -0.3 is 28.0 Å². The summed E-state index contributed by atoms with van der Waals surface area (Å²) < 4.78 is 19.9. The highest BCUT2D eigenvalue weighted by Crippen LogP contribution is 2.57. The van der Waals surface area contributed by atoms with Crippen LogP contribution in [0.3, 0.4) is 0 Å². The van der Waals surface area contributed by atoms with E-state index in [-0.39, 0.29) is 6.71 Å². The van der Waals surface area contributed by atoms with Crippen LogP contribution in [0.15, 0.2) is 268 Å². The van der Waals surface area contributed by atoms with Gasteiger partial charge in [-0.2, -0.15) is 0 Å². The van der Waals surface area contributed by atoms with Crippen LogP contribution >= 0.6 is 0 Å². The standard InChI is InChI=1S/C78H56BN3O3/c1-47-36-66-75-67(37-47)82(76-48(2)18-17-19-49(76)3)65-46-60(80(58-23-7-6-8-24-58)59-33-32-50-38-55(31-30-51(50)40-59)71-43-52-20-9-14-27-68(52)83-71)34-35-64(65)79(75)74-62-25-12-13-26-63(62)78(4,5)77(74)81(66)61-41-56(72-44-53-21-10-15-28-69(53)84-72)39-57(42-61)73-45-54-22-11-16-29-70(54)85-73/h6-46H,1-5H3. The topological polar surface area (TPSA) is 49.1 Å². The molecule has 0 saturated heterocycles. The predicted molar refractivity (Wildman–Crippen MR) is 353 cm³/mol. The van der Waals surface area contributed by atoms with Crippen LogP contribution in [0, 0.1) is 20.8 Å². The monoisotopic (exact) mass is 1090 g/mol. The van der Waals surface area contributed by atoms with Crippen molar-refractivity contribution in [3.05, 3.63) is 282 Å². The van der Waals surface area contributed by atoms with Gasteiger partial charge in [0.2, 0.25) is 0 Å². The van der Waals surface area contributed by atoms with Crippen molar-refractivity contribution in [2.24, 2.45) is 0 Å². The second-order valence-electron chi connectivity index (χ2n) is 23.9. The number of anilines is 8. The smallest absolute Gasteiger partial charge is 0.252 e. The Hall–Kier alpha value is -10.5. The van der Waals surface area contributed by atoms with Crippen LogP contribution < -0.4 is 25.6 Å². The molecule has 0 atom stereocenters. The molecular formula is C78H56BN3O3. The maximum absolute atomic E-state index is 6.76. The van der Waals surface area contributed by atoms with Gasteiger partial charge in [0.15, 0.2) is 0 Å². The molecule has 0 spiro atoms. The number of aryl methyl sites for hydroxylation is 3. The third-order valence-electron chi connectivity index (χ3n) is 18.2. The van der Waals surface area contributed by atoms with E-state index >= 15 is 0 Å². The molecule has 6 nitrogen and oxygen atoms in total. The molecule has 0 unspecified atom stereocenters. The molecule has 0 radical (unpaired) electrons. The highest BCUT2D eigenvalue weighted by molar-refractivity contribution is 7.03. The van der Waals surface area contributed by atoms with Crippen LogP contribution in [0.25, 0.3) is 83.1 Å². The zero-order valence-electron chi connectivity index (χ0n) is 47.8. The van der Waals surface area contributed by atoms with E-state index in [2.05, 4.69) is 262 Å². The van der Waals surface area contributed by atoms with Gasteiger partial charge in [0.1, 0.15) is 34.0 Å². The van der Waals surface area contributed by atoms with E-state index in [0.717, 1.165) is 112 Å². The molecule has 404 valence electrons. The highest BCUT2D eigenvalue weighted by Gasteiger charge is 2.52. The first-order valence-electron chi connectivity index (χ1n) is 29.4. The summed E-state index contributed by atoms with van der Waals surface area (Å²) in [6, 6.07) is 90.4. The number of furan rings is 3. The van der Waals surface area contributed by atoms with Crippen molar-refractivity contribution in [2.45, 2.75) is 40.0 Å². The lowest BCUT2D eigenvalue weighted by Crippen LogP contribution is -2.56. The lowest BCUT2D eigenvalue weighted by molar-refractivity contribution is 0.624. The first-order chi connectivity index (χ1) is 41.6. The normalized spacial score (nSPS) is 13.9. The Morgan fingerprint density at radius 2 is 0.941 bits per heavy atom. The van der Waals surface area contributed by atoms with Gasteiger partial charge in [-0.15, -0.1) is 0 Å². The minimum absolute atomic E-state index is 0.121. The van der Waals surface area contributed by atoms with E-state index in [1.165, 1.54) is 61.3 Å². The number of benzene rings is 11. The molecule has 0 saturated carbocycles. The molecule has 17 rings (SSSR count). The second-order valence-corrected chi connectivity index (χ2v) is 23.9. The maximum atomic E-state index is 6.76. The summed E-state index contributed by atoms with van der Waals surface area (Å²) in [6.07, 6.45) is 0. The number of para-hydroxylation sites is 5. The van der Waals surface area contributed by atoms with Crippen molar-refractivity contribution in [1.29, 1.82) is 0 Å². The van der Waals surface area contributed by atoms with Crippen LogP contribution in [0.2, 0.25) is 0 Å². The zero-order valence-corrected chi connectivity index (χ0v) is 47.8. The van der Waals surface area contributed by atoms with Gasteiger partial charge in [0.25, 0.3) is 6.71 Å². The number of rotatable bonds is 8. The van der Waals surface area contributed by atoms with Crippen molar-refractivity contribution < 1.29 is 13.3 Å². The van der Waals surface area contributed by atoms with E-state index in [0.29, 0.717) is 0 Å². The minimum Gasteiger partial charge on any atom is -0.456 e. The van der Waals surface area contributed by atoms with E-state index in [9.17, 15) is 0 Å². The average molecular weight is 1090 g/mol. The summed E-state index contributed by atoms with van der Waals surface area (Å²) in [5, 5.41) is 5.51. The molecule has 14 aromatic rings. The number of nitrogens with zero attached hydrogens (tertiary/aromatic N) is 3. The lowest BCUT2D eigenvalue weighted by Gasteiger charge is -2.47. The first-order valence-corrected chi connectivity index (χ1v) is 29.4. The van der Waals surface area contributed by atoms with Gasteiger partial charge in [0, 0.05) is 83.8 Å². The van der Waals surface area contributed by atoms with E-state index in [1.807, 2.05) is 36.4 Å². The van der Waals surface area contributed by atoms with Crippen molar-refractivity contribution in [3.63, 3.8) is 0 Å². The molecule has 2 aliphatic heterocycles. The molecular weight excluding hydrogens is 1040 g/mol. The van der Waals surface area contributed by atoms with Gasteiger partial charge in [-0.25, -0.2) is 0 Å². The fourth-order valence-electron chi connectivity index (χ4n) is 14.4. The van der Waals surface area contributed by atoms with Gasteiger partial charge in [-0.3, -0.25) is 0 Å². The second kappa shape index (κ2) is 18.5. The SMILES string of the molecule is Cc1cc2c3c(c1)N(c1c(C)cccc1C)c1cc(N(c4ccccc4)c4ccc5cc(-c6cc7ccccc7o6)ccc5c4)ccc1B3C1=C(N2c2cc(-c3cc4ccccc4o3)cc(-c3cc4ccccc4o3)c2)C(C)(C)c2ccccc21. The first kappa shape index (κ1) is 49.1. The Kier molecular flexibility index (Phi) is 10.7. The minimum atomic E-state index is -0.417. The van der Waals surface area contributed by atoms with E-state index < -0.39 is 5.41 Å². The Morgan fingerprint density at radius 1 is 0.400 bits per heavy atom. The molecule has 7 heteroatoms. The van der Waals surface area contributed by atoms with E-state index in [1.54, 1.807) is 0 Å². The Labute approximate surface area is 493 Å². The Balaban J connectivity index is 0.899. The molecule has 1 aliphatic carbocycles. The fourth-order valence-corrected chi connectivity index (χ4v) is 14.4. The van der Waals surface area contributed by atoms with Crippen LogP contribution in [-0.2, 0) is 5.41 Å². The van der Waals surface area contributed by atoms with Crippen LogP contribution in [0.5, 0.6) is 0 Å². The number of fused-ring (bicyclic) bond motifs is 9. The van der Waals surface area contributed by atoms with Crippen LogP contribution in [-0.4, -0.2) is 6.71 Å². The number of allylic oxidation sites excluding steroid dienone is 1. The summed E-state index contributed by atoms with van der Waals surface area (Å²) in [6.45, 7) is 11.5. The van der Waals surface area contributed by atoms with Crippen molar-refractivity contribution >= 4 is 112 Å². The van der Waals surface area contributed by atoms with Gasteiger partial charge in [-0.1, -0.05) is 153 Å². The summed E-state index contributed by atoms with van der Waals surface area (Å²) in [7, 11) is 0. The largest absolute Gasteiger partial charge is 0.456 e. The van der Waals surface area contributed by atoms with E-state index in [4.69, 9.17) is 13.3 Å². The third kappa shape index (κ3) is 7.59. The summed E-state index contributed by atoms with van der Waals surface area (Å²) >= 11 is 0. The molecule has 0 N–H and O–H groups in total. The quantitative estimate of drug-likeness (QED) is 0.141.